The monoisotopic (exact) mass is 870 g/mol. The zero-order chi connectivity index (χ0) is 44.5. The molecule has 4 aliphatic rings. The van der Waals surface area contributed by atoms with Crippen molar-refractivity contribution >= 4 is 46.1 Å². The number of methoxy groups -OCH3 is 1. The number of likely N-dealkylation sites (N-methyl/N-ethyl adjacent to an activating group) is 1. The van der Waals surface area contributed by atoms with Crippen molar-refractivity contribution in [1.29, 1.82) is 0 Å². The highest BCUT2D eigenvalue weighted by Crippen LogP contribution is 2.55. The Morgan fingerprint density at radius 3 is 1.98 bits per heavy atom. The number of H-pyrrole nitrogens is 2. The van der Waals surface area contributed by atoms with Crippen molar-refractivity contribution < 1.29 is 33.8 Å². The molecule has 5 aromatic carbocycles. The molecule has 2 aliphatic heterocycles. The average Bonchev–Trinajstić information content (AvgIpc) is 3.98. The van der Waals surface area contributed by atoms with E-state index < -0.39 is 24.3 Å². The van der Waals surface area contributed by atoms with E-state index in [2.05, 4.69) is 15.3 Å². The molecule has 2 unspecified atom stereocenters. The van der Waals surface area contributed by atoms with E-state index in [9.17, 15) is 24.3 Å². The van der Waals surface area contributed by atoms with Gasteiger partial charge in [0.1, 0.15) is 35.0 Å². The lowest BCUT2D eigenvalue weighted by atomic mass is 10.0. The zero-order valence-electron chi connectivity index (χ0n) is 35.6. The number of carboxylic acid groups (broad SMARTS) is 1. The van der Waals surface area contributed by atoms with Gasteiger partial charge in [0.2, 0.25) is 0 Å². The van der Waals surface area contributed by atoms with Crippen LogP contribution in [0.2, 0.25) is 0 Å². The number of imidazole rings is 2. The third-order valence-electron chi connectivity index (χ3n) is 13.6. The minimum absolute atomic E-state index is 0.0581. The number of alkyl carbamates (subject to hydrolysis) is 1. The second-order valence-electron chi connectivity index (χ2n) is 17.6. The fourth-order valence-electron chi connectivity index (χ4n) is 10.2. The van der Waals surface area contributed by atoms with Crippen molar-refractivity contribution in [3.05, 3.63) is 144 Å². The zero-order valence-corrected chi connectivity index (χ0v) is 35.6. The minimum Gasteiger partial charge on any atom is -0.465 e. The number of fused-ring (bicyclic) bond motifs is 4. The van der Waals surface area contributed by atoms with Crippen LogP contribution in [-0.2, 0) is 14.3 Å². The molecule has 0 spiro atoms. The number of likely N-dealkylation sites (tertiary alicyclic amines) is 2. The summed E-state index contributed by atoms with van der Waals surface area (Å²) in [4.78, 5) is 75.0. The molecule has 2 saturated carbocycles. The second-order valence-corrected chi connectivity index (χ2v) is 17.6. The number of carbonyl (C=O) groups is 4. The summed E-state index contributed by atoms with van der Waals surface area (Å²) >= 11 is 0. The Hall–Kier alpha value is -7.68. The maximum absolute atomic E-state index is 14.3. The summed E-state index contributed by atoms with van der Waals surface area (Å²) in [5.74, 6) is 2.83. The van der Waals surface area contributed by atoms with Crippen molar-refractivity contribution in [1.82, 2.24) is 40.0 Å². The molecule has 328 valence electrons. The van der Waals surface area contributed by atoms with Crippen molar-refractivity contribution in [2.45, 2.75) is 61.9 Å². The third kappa shape index (κ3) is 7.26. The summed E-state index contributed by atoms with van der Waals surface area (Å²) < 4.78 is 11.3. The number of hydrogen-bond donors (Lipinski definition) is 4. The van der Waals surface area contributed by atoms with Gasteiger partial charge in [-0.3, -0.25) is 14.5 Å². The van der Waals surface area contributed by atoms with Crippen LogP contribution in [0.15, 0.2) is 121 Å². The summed E-state index contributed by atoms with van der Waals surface area (Å²) in [6.45, 7) is 0. The number of nitrogens with one attached hydrogen (secondary N) is 3. The van der Waals surface area contributed by atoms with Crippen LogP contribution in [0.3, 0.4) is 0 Å². The molecule has 0 radical (unpaired) electrons. The molecule has 11 rings (SSSR count). The highest BCUT2D eigenvalue weighted by Gasteiger charge is 2.57. The Morgan fingerprint density at radius 2 is 1.32 bits per heavy atom. The fraction of sp³-hybridized carbons (Fsp3) is 0.280. The van der Waals surface area contributed by atoms with Gasteiger partial charge in [0.25, 0.3) is 11.8 Å². The predicted octanol–water partition coefficient (Wildman–Crippen LogP) is 8.67. The standard InChI is InChI=1S/C50H46N8O7/c1-56(50(62)63)44(29-12-7-4-8-13-29)48(60)58-38-24-32(38)25-39(58)45-51-34-21-18-30(22-36(34)53-45)27-16-19-33(20-17-27)65-41-15-9-14-35-43(41)54-46(52-35)40-26-31-23-37(31)57(40)47(59)42(55-49(61)64-2)28-10-5-3-6-11-28/h3-22,31-32,37-40,42,44H,23-26H2,1-2H3,(H,51,53)(H,52,54)(H,55,61)(H,62,63)/t31-,32-,37-,38-,39+,40+,42?,44?/m1/s1. The summed E-state index contributed by atoms with van der Waals surface area (Å²) in [6, 6.07) is 35.5. The Morgan fingerprint density at radius 1 is 0.708 bits per heavy atom. The SMILES string of the molecule is COC(=O)NC(C(=O)N1[C@@H]2C[C@@H]2C[C@H]1c1nc2c(Oc3ccc(-c4ccc5[nH]c([C@@H]6C[C@H]7C[C@H]7N6C(=O)C(c6ccccc6)N(C)C(=O)O)nc5c4)cc3)cccc2[nH]1)c1ccccc1. The molecule has 4 heterocycles. The second kappa shape index (κ2) is 15.8. The number of ether oxygens (including phenoxy) is 2. The van der Waals surface area contributed by atoms with Crippen LogP contribution >= 0.6 is 0 Å². The lowest BCUT2D eigenvalue weighted by Gasteiger charge is -2.33. The Labute approximate surface area is 373 Å². The van der Waals surface area contributed by atoms with E-state index in [1.807, 2.05) is 119 Å². The minimum atomic E-state index is -1.17. The first-order valence-corrected chi connectivity index (χ1v) is 21.9. The fourth-order valence-corrected chi connectivity index (χ4v) is 10.2. The molecule has 15 heteroatoms. The molecule has 2 saturated heterocycles. The molecule has 2 aromatic heterocycles. The van der Waals surface area contributed by atoms with Crippen LogP contribution in [0.5, 0.6) is 11.5 Å². The van der Waals surface area contributed by atoms with E-state index in [0.717, 1.165) is 58.3 Å². The molecule has 0 bridgehead atoms. The maximum atomic E-state index is 14.3. The molecular weight excluding hydrogens is 825 g/mol. The predicted molar refractivity (Wildman–Crippen MR) is 240 cm³/mol. The quantitative estimate of drug-likeness (QED) is 0.0987. The van der Waals surface area contributed by atoms with Crippen LogP contribution in [-0.4, -0.2) is 90.0 Å². The first-order chi connectivity index (χ1) is 31.6. The van der Waals surface area contributed by atoms with Gasteiger partial charge >= 0.3 is 12.2 Å². The molecule has 15 nitrogen and oxygen atoms in total. The summed E-state index contributed by atoms with van der Waals surface area (Å²) in [5, 5.41) is 12.7. The summed E-state index contributed by atoms with van der Waals surface area (Å²) in [6.07, 6.45) is 1.50. The van der Waals surface area contributed by atoms with Crippen LogP contribution in [0.4, 0.5) is 9.59 Å². The van der Waals surface area contributed by atoms with Gasteiger partial charge in [-0.15, -0.1) is 0 Å². The number of hydrogen-bond acceptors (Lipinski definition) is 8. The lowest BCUT2D eigenvalue weighted by Crippen LogP contribution is -2.44. The average molecular weight is 871 g/mol. The van der Waals surface area contributed by atoms with E-state index in [1.54, 1.807) is 12.1 Å². The normalized spacial score (nSPS) is 22.5. The van der Waals surface area contributed by atoms with Gasteiger partial charge in [-0.25, -0.2) is 19.6 Å². The van der Waals surface area contributed by atoms with Crippen LogP contribution in [0.25, 0.3) is 33.2 Å². The molecule has 65 heavy (non-hydrogen) atoms. The Balaban J connectivity index is 0.810. The first-order valence-electron chi connectivity index (χ1n) is 21.9. The van der Waals surface area contributed by atoms with Crippen LogP contribution in [0.1, 0.15) is 72.6 Å². The van der Waals surface area contributed by atoms with E-state index >= 15 is 0 Å². The number of aromatic amines is 2. The van der Waals surface area contributed by atoms with Gasteiger partial charge in [-0.1, -0.05) is 84.9 Å². The number of benzene rings is 5. The van der Waals surface area contributed by atoms with Gasteiger partial charge in [0, 0.05) is 19.1 Å². The highest BCUT2D eigenvalue weighted by molar-refractivity contribution is 5.90. The largest absolute Gasteiger partial charge is 0.465 e. The van der Waals surface area contributed by atoms with Gasteiger partial charge < -0.3 is 39.7 Å². The van der Waals surface area contributed by atoms with Crippen molar-refractivity contribution in [3.8, 4) is 22.6 Å². The third-order valence-corrected chi connectivity index (χ3v) is 13.6. The number of carbonyl (C=O) groups excluding carboxylic acids is 3. The van der Waals surface area contributed by atoms with Gasteiger partial charge in [0.05, 0.1) is 35.7 Å². The number of rotatable bonds is 11. The molecule has 2 aliphatic carbocycles. The number of aromatic nitrogens is 4. The summed E-state index contributed by atoms with van der Waals surface area (Å²) in [5.41, 5.74) is 6.28. The molecule has 4 amide bonds. The van der Waals surface area contributed by atoms with E-state index in [0.29, 0.717) is 51.6 Å². The topological polar surface area (TPSA) is 186 Å². The Bertz CT molecular complexity index is 2970. The van der Waals surface area contributed by atoms with Gasteiger partial charge in [-0.05, 0) is 96.2 Å². The summed E-state index contributed by atoms with van der Waals surface area (Å²) in [7, 11) is 2.73. The Kier molecular flexibility index (Phi) is 9.78. The molecular formula is C50H46N8O7. The molecule has 8 atom stereocenters. The van der Waals surface area contributed by atoms with E-state index in [-0.39, 0.29) is 36.0 Å². The first kappa shape index (κ1) is 40.1. The van der Waals surface area contributed by atoms with E-state index in [4.69, 9.17) is 19.4 Å². The maximum Gasteiger partial charge on any atom is 0.407 e. The highest BCUT2D eigenvalue weighted by atomic mass is 16.5. The van der Waals surface area contributed by atoms with E-state index in [1.165, 1.54) is 14.2 Å². The van der Waals surface area contributed by atoms with Crippen LogP contribution in [0, 0.1) is 11.8 Å². The smallest absolute Gasteiger partial charge is 0.407 e. The molecule has 4 N–H and O–H groups in total. The number of para-hydroxylation sites is 1. The van der Waals surface area contributed by atoms with Crippen molar-refractivity contribution in [2.75, 3.05) is 14.2 Å². The molecule has 4 fully saturated rings. The van der Waals surface area contributed by atoms with Crippen LogP contribution < -0.4 is 10.1 Å². The van der Waals surface area contributed by atoms with Gasteiger partial charge in [0.15, 0.2) is 5.75 Å². The number of nitrogens with zero attached hydrogens (tertiary/aromatic N) is 5. The van der Waals surface area contributed by atoms with Crippen molar-refractivity contribution in [2.24, 2.45) is 11.8 Å². The molecule has 7 aromatic rings. The van der Waals surface area contributed by atoms with Gasteiger partial charge in [-0.2, -0.15) is 0 Å². The lowest BCUT2D eigenvalue weighted by molar-refractivity contribution is -0.138. The number of piperidine rings is 2. The number of amides is 4. The van der Waals surface area contributed by atoms with Crippen molar-refractivity contribution in [3.63, 3.8) is 0 Å².